The van der Waals surface area contributed by atoms with Gasteiger partial charge in [-0.25, -0.2) is 4.99 Å². The number of rotatable bonds is 1. The highest BCUT2D eigenvalue weighted by Crippen LogP contribution is 2.36. The fraction of sp³-hybridized carbons (Fsp3) is 0.294. The van der Waals surface area contributed by atoms with Gasteiger partial charge in [-0.2, -0.15) is 0 Å². The van der Waals surface area contributed by atoms with Crippen molar-refractivity contribution in [3.63, 3.8) is 0 Å². The Balaban J connectivity index is 1.89. The summed E-state index contributed by atoms with van der Waals surface area (Å²) in [5.41, 5.74) is 4.64. The van der Waals surface area contributed by atoms with Crippen molar-refractivity contribution in [3.05, 3.63) is 58.9 Å². The zero-order valence-corrected chi connectivity index (χ0v) is 12.1. The van der Waals surface area contributed by atoms with Crippen molar-refractivity contribution in [3.8, 4) is 5.75 Å². The Morgan fingerprint density at radius 3 is 2.67 bits per heavy atom. The van der Waals surface area contributed by atoms with E-state index in [0.29, 0.717) is 13.2 Å². The minimum Gasteiger partial charge on any atom is -0.460 e. The van der Waals surface area contributed by atoms with Gasteiger partial charge in [-0.3, -0.25) is 4.98 Å². The standard InChI is InChI=1S/C17H16N2O2/c1-11-7-13(8-18-12(11)2)16-14-5-3-4-6-15(14)21-17(19-16)9-20-10-17/h3-8H,9-10H2,1-2H3. The van der Waals surface area contributed by atoms with Crippen molar-refractivity contribution in [1.82, 2.24) is 4.98 Å². The van der Waals surface area contributed by atoms with Crippen molar-refractivity contribution < 1.29 is 9.47 Å². The largest absolute Gasteiger partial charge is 0.460 e. The van der Waals surface area contributed by atoms with Crippen molar-refractivity contribution >= 4 is 5.71 Å². The maximum Gasteiger partial charge on any atom is 0.247 e. The lowest BCUT2D eigenvalue weighted by molar-refractivity contribution is -0.157. The lowest BCUT2D eigenvalue weighted by Crippen LogP contribution is -2.55. The van der Waals surface area contributed by atoms with Gasteiger partial charge >= 0.3 is 0 Å². The first-order valence-electron chi connectivity index (χ1n) is 7.07. The summed E-state index contributed by atoms with van der Waals surface area (Å²) in [6, 6.07) is 10.1. The maximum absolute atomic E-state index is 6.03. The minimum atomic E-state index is -0.553. The molecule has 1 aromatic carbocycles. The SMILES string of the molecule is Cc1cc(C2=NC3(COC3)Oc3ccccc32)cnc1C. The highest BCUT2D eigenvalue weighted by atomic mass is 16.6. The smallest absolute Gasteiger partial charge is 0.247 e. The molecule has 2 aliphatic heterocycles. The second-order valence-electron chi connectivity index (χ2n) is 5.62. The molecular formula is C17H16N2O2. The van der Waals surface area contributed by atoms with E-state index in [2.05, 4.69) is 18.0 Å². The molecule has 2 aliphatic rings. The van der Waals surface area contributed by atoms with Crippen LogP contribution in [0.2, 0.25) is 0 Å². The van der Waals surface area contributed by atoms with Crippen LogP contribution in [0.1, 0.15) is 22.4 Å². The number of hydrogen-bond acceptors (Lipinski definition) is 4. The highest BCUT2D eigenvalue weighted by Gasteiger charge is 2.44. The number of aromatic nitrogens is 1. The summed E-state index contributed by atoms with van der Waals surface area (Å²) in [6.07, 6.45) is 1.89. The molecule has 0 radical (unpaired) electrons. The molecule has 1 spiro atoms. The molecule has 2 aromatic rings. The van der Waals surface area contributed by atoms with E-state index in [0.717, 1.165) is 33.8 Å². The summed E-state index contributed by atoms with van der Waals surface area (Å²) < 4.78 is 11.3. The van der Waals surface area contributed by atoms with Crippen LogP contribution in [0.25, 0.3) is 0 Å². The first-order valence-corrected chi connectivity index (χ1v) is 7.07. The molecule has 0 bridgehead atoms. The van der Waals surface area contributed by atoms with Crippen LogP contribution in [0, 0.1) is 13.8 Å². The van der Waals surface area contributed by atoms with Gasteiger partial charge in [0.1, 0.15) is 19.0 Å². The predicted octanol–water partition coefficient (Wildman–Crippen LogP) is 2.65. The van der Waals surface area contributed by atoms with Gasteiger partial charge in [-0.05, 0) is 37.6 Å². The number of fused-ring (bicyclic) bond motifs is 1. The summed E-state index contributed by atoms with van der Waals surface area (Å²) in [4.78, 5) is 9.30. The number of aliphatic imine (C=N–C) groups is 1. The minimum absolute atomic E-state index is 0.503. The monoisotopic (exact) mass is 280 g/mol. The number of nitrogens with zero attached hydrogens (tertiary/aromatic N) is 2. The topological polar surface area (TPSA) is 43.7 Å². The third-order valence-electron chi connectivity index (χ3n) is 4.03. The van der Waals surface area contributed by atoms with E-state index in [1.54, 1.807) is 0 Å². The number of benzene rings is 1. The van der Waals surface area contributed by atoms with Crippen LogP contribution in [0.5, 0.6) is 5.75 Å². The summed E-state index contributed by atoms with van der Waals surface area (Å²) >= 11 is 0. The van der Waals surface area contributed by atoms with Gasteiger partial charge in [-0.1, -0.05) is 12.1 Å². The zero-order valence-electron chi connectivity index (χ0n) is 12.1. The second kappa shape index (κ2) is 4.40. The molecule has 0 unspecified atom stereocenters. The number of pyridine rings is 1. The Labute approximate surface area is 123 Å². The van der Waals surface area contributed by atoms with Crippen LogP contribution in [0.15, 0.2) is 41.5 Å². The third-order valence-corrected chi connectivity index (χ3v) is 4.03. The lowest BCUT2D eigenvalue weighted by Gasteiger charge is -2.41. The first kappa shape index (κ1) is 12.5. The van der Waals surface area contributed by atoms with Crippen molar-refractivity contribution in [2.75, 3.05) is 13.2 Å². The van der Waals surface area contributed by atoms with Crippen molar-refractivity contribution in [2.24, 2.45) is 4.99 Å². The number of aryl methyl sites for hydroxylation is 2. The molecule has 0 atom stereocenters. The van der Waals surface area contributed by atoms with Gasteiger partial charge in [0.25, 0.3) is 0 Å². The van der Waals surface area contributed by atoms with E-state index in [4.69, 9.17) is 14.5 Å². The van der Waals surface area contributed by atoms with Gasteiger partial charge in [0.05, 0.1) is 5.71 Å². The Morgan fingerprint density at radius 1 is 1.14 bits per heavy atom. The average molecular weight is 280 g/mol. The Hall–Kier alpha value is -2.20. The van der Waals surface area contributed by atoms with Crippen molar-refractivity contribution in [2.45, 2.75) is 19.6 Å². The highest BCUT2D eigenvalue weighted by molar-refractivity contribution is 6.15. The van der Waals surface area contributed by atoms with Crippen LogP contribution in [0.4, 0.5) is 0 Å². The molecule has 21 heavy (non-hydrogen) atoms. The lowest BCUT2D eigenvalue weighted by atomic mass is 9.98. The molecule has 0 N–H and O–H groups in total. The fourth-order valence-electron chi connectivity index (χ4n) is 2.64. The molecule has 0 amide bonds. The summed E-state index contributed by atoms with van der Waals surface area (Å²) in [5, 5.41) is 0. The first-order chi connectivity index (χ1) is 10.2. The Bertz CT molecular complexity index is 748. The van der Waals surface area contributed by atoms with Crippen LogP contribution in [-0.4, -0.2) is 29.6 Å². The molecule has 106 valence electrons. The quantitative estimate of drug-likeness (QED) is 0.806. The zero-order chi connectivity index (χ0) is 14.4. The Kier molecular flexibility index (Phi) is 2.62. The van der Waals surface area contributed by atoms with Gasteiger partial charge in [0, 0.05) is 23.0 Å². The van der Waals surface area contributed by atoms with E-state index >= 15 is 0 Å². The van der Waals surface area contributed by atoms with Gasteiger partial charge in [0.15, 0.2) is 0 Å². The third kappa shape index (κ3) is 1.94. The summed E-state index contributed by atoms with van der Waals surface area (Å²) in [7, 11) is 0. The molecule has 4 nitrogen and oxygen atoms in total. The molecule has 1 fully saturated rings. The number of hydrogen-bond donors (Lipinski definition) is 0. The average Bonchev–Trinajstić information content (AvgIpc) is 2.47. The van der Waals surface area contributed by atoms with Crippen LogP contribution in [0.3, 0.4) is 0 Å². The predicted molar refractivity (Wildman–Crippen MR) is 80.0 cm³/mol. The second-order valence-corrected chi connectivity index (χ2v) is 5.62. The molecule has 1 saturated heterocycles. The van der Waals surface area contributed by atoms with E-state index in [1.165, 1.54) is 0 Å². The van der Waals surface area contributed by atoms with Crippen LogP contribution < -0.4 is 4.74 Å². The maximum atomic E-state index is 6.03. The number of ether oxygens (including phenoxy) is 2. The van der Waals surface area contributed by atoms with Gasteiger partial charge in [-0.15, -0.1) is 0 Å². The van der Waals surface area contributed by atoms with Gasteiger partial charge < -0.3 is 9.47 Å². The summed E-state index contributed by atoms with van der Waals surface area (Å²) in [6.45, 7) is 5.09. The molecule has 0 aliphatic carbocycles. The van der Waals surface area contributed by atoms with Gasteiger partial charge in [0.2, 0.25) is 5.72 Å². The summed E-state index contributed by atoms with van der Waals surface area (Å²) in [5.74, 6) is 0.865. The molecular weight excluding hydrogens is 264 g/mol. The van der Waals surface area contributed by atoms with Crippen LogP contribution >= 0.6 is 0 Å². The Morgan fingerprint density at radius 2 is 1.95 bits per heavy atom. The molecule has 0 saturated carbocycles. The molecule has 4 heteroatoms. The normalized spacial score (nSPS) is 18.5. The molecule has 1 aromatic heterocycles. The van der Waals surface area contributed by atoms with Crippen molar-refractivity contribution in [1.29, 1.82) is 0 Å². The van der Waals surface area contributed by atoms with Crippen LogP contribution in [-0.2, 0) is 4.74 Å². The van der Waals surface area contributed by atoms with E-state index in [1.807, 2.05) is 37.4 Å². The number of para-hydroxylation sites is 1. The van der Waals surface area contributed by atoms with E-state index in [-0.39, 0.29) is 0 Å². The molecule has 4 rings (SSSR count). The fourth-order valence-corrected chi connectivity index (χ4v) is 2.64. The molecule has 3 heterocycles. The van der Waals surface area contributed by atoms with E-state index in [9.17, 15) is 0 Å². The van der Waals surface area contributed by atoms with E-state index < -0.39 is 5.72 Å².